The summed E-state index contributed by atoms with van der Waals surface area (Å²) in [6, 6.07) is 0. The van der Waals surface area contributed by atoms with Gasteiger partial charge >= 0.3 is 0 Å². The molecule has 2 rings (SSSR count). The van der Waals surface area contributed by atoms with Crippen LogP contribution >= 0.6 is 0 Å². The van der Waals surface area contributed by atoms with Crippen LogP contribution in [-0.4, -0.2) is 37.5 Å². The third-order valence-electron chi connectivity index (χ3n) is 3.75. The lowest BCUT2D eigenvalue weighted by Crippen LogP contribution is -2.34. The molecule has 0 aromatic rings. The van der Waals surface area contributed by atoms with Gasteiger partial charge in [0.15, 0.2) is 0 Å². The standard InChI is InChI=1S/C12H23NO2/c14-12(11-3-1-2-4-11)8-13-7-10-5-6-15-9-10/h10-14H,1-9H2. The number of rotatable bonds is 5. The molecule has 1 aliphatic carbocycles. The highest BCUT2D eigenvalue weighted by Gasteiger charge is 2.23. The zero-order chi connectivity index (χ0) is 10.5. The van der Waals surface area contributed by atoms with Crippen LogP contribution in [0.15, 0.2) is 0 Å². The van der Waals surface area contributed by atoms with Gasteiger partial charge in [0, 0.05) is 19.7 Å². The number of nitrogens with one attached hydrogen (secondary N) is 1. The van der Waals surface area contributed by atoms with Crippen molar-refractivity contribution in [2.45, 2.75) is 38.2 Å². The molecule has 0 bridgehead atoms. The summed E-state index contributed by atoms with van der Waals surface area (Å²) in [5.41, 5.74) is 0. The summed E-state index contributed by atoms with van der Waals surface area (Å²) >= 11 is 0. The SMILES string of the molecule is OC(CNCC1CCOC1)C1CCCC1. The van der Waals surface area contributed by atoms with E-state index in [0.717, 1.165) is 26.3 Å². The van der Waals surface area contributed by atoms with Crippen molar-refractivity contribution in [2.75, 3.05) is 26.3 Å². The summed E-state index contributed by atoms with van der Waals surface area (Å²) < 4.78 is 5.31. The summed E-state index contributed by atoms with van der Waals surface area (Å²) in [5, 5.41) is 13.3. The molecule has 1 saturated heterocycles. The van der Waals surface area contributed by atoms with Crippen LogP contribution in [0.4, 0.5) is 0 Å². The van der Waals surface area contributed by atoms with E-state index in [2.05, 4.69) is 5.32 Å². The summed E-state index contributed by atoms with van der Waals surface area (Å²) in [6.45, 7) is 3.58. The topological polar surface area (TPSA) is 41.5 Å². The van der Waals surface area contributed by atoms with Crippen LogP contribution in [-0.2, 0) is 4.74 Å². The fraction of sp³-hybridized carbons (Fsp3) is 1.00. The average Bonchev–Trinajstić information content (AvgIpc) is 2.90. The molecular formula is C12H23NO2. The van der Waals surface area contributed by atoms with E-state index in [4.69, 9.17) is 4.74 Å². The van der Waals surface area contributed by atoms with E-state index in [1.165, 1.54) is 32.1 Å². The summed E-state index contributed by atoms with van der Waals surface area (Å²) in [5.74, 6) is 1.22. The first kappa shape index (κ1) is 11.4. The molecule has 2 unspecified atom stereocenters. The van der Waals surface area contributed by atoms with Gasteiger partial charge in [0.25, 0.3) is 0 Å². The summed E-state index contributed by atoms with van der Waals surface area (Å²) in [7, 11) is 0. The Morgan fingerprint density at radius 1 is 1.27 bits per heavy atom. The molecule has 0 aromatic carbocycles. The Morgan fingerprint density at radius 2 is 2.07 bits per heavy atom. The van der Waals surface area contributed by atoms with Crippen LogP contribution in [0, 0.1) is 11.8 Å². The first-order valence-electron chi connectivity index (χ1n) is 6.33. The van der Waals surface area contributed by atoms with Crippen LogP contribution in [0.3, 0.4) is 0 Å². The van der Waals surface area contributed by atoms with Crippen LogP contribution in [0.2, 0.25) is 0 Å². The molecule has 15 heavy (non-hydrogen) atoms. The highest BCUT2D eigenvalue weighted by Crippen LogP contribution is 2.27. The van der Waals surface area contributed by atoms with Crippen molar-refractivity contribution in [3.8, 4) is 0 Å². The second-order valence-electron chi connectivity index (χ2n) is 5.00. The maximum Gasteiger partial charge on any atom is 0.0692 e. The zero-order valence-corrected chi connectivity index (χ0v) is 9.45. The van der Waals surface area contributed by atoms with Gasteiger partial charge in [-0.15, -0.1) is 0 Å². The molecule has 1 heterocycles. The Morgan fingerprint density at radius 3 is 2.73 bits per heavy atom. The highest BCUT2D eigenvalue weighted by atomic mass is 16.5. The number of hydrogen-bond acceptors (Lipinski definition) is 3. The fourth-order valence-electron chi connectivity index (χ4n) is 2.69. The lowest BCUT2D eigenvalue weighted by Gasteiger charge is -2.19. The first-order chi connectivity index (χ1) is 7.36. The Labute approximate surface area is 92.2 Å². The minimum atomic E-state index is -0.130. The Hall–Kier alpha value is -0.120. The maximum atomic E-state index is 9.93. The predicted octanol–water partition coefficient (Wildman–Crippen LogP) is 1.16. The Kier molecular flexibility index (Phi) is 4.42. The van der Waals surface area contributed by atoms with Crippen molar-refractivity contribution in [3.05, 3.63) is 0 Å². The molecule has 2 atom stereocenters. The normalized spacial score (nSPS) is 29.8. The third kappa shape index (κ3) is 3.44. The monoisotopic (exact) mass is 213 g/mol. The second kappa shape index (κ2) is 5.83. The van der Waals surface area contributed by atoms with Gasteiger partial charge in [-0.3, -0.25) is 0 Å². The van der Waals surface area contributed by atoms with Crippen molar-refractivity contribution in [1.29, 1.82) is 0 Å². The lowest BCUT2D eigenvalue weighted by molar-refractivity contribution is 0.107. The predicted molar refractivity (Wildman–Crippen MR) is 59.8 cm³/mol. The van der Waals surface area contributed by atoms with Gasteiger partial charge in [-0.2, -0.15) is 0 Å². The second-order valence-corrected chi connectivity index (χ2v) is 5.00. The summed E-state index contributed by atoms with van der Waals surface area (Å²) in [6.07, 6.45) is 6.09. The van der Waals surface area contributed by atoms with E-state index >= 15 is 0 Å². The van der Waals surface area contributed by atoms with Crippen LogP contribution < -0.4 is 5.32 Å². The largest absolute Gasteiger partial charge is 0.392 e. The molecule has 88 valence electrons. The van der Waals surface area contributed by atoms with Gasteiger partial charge in [-0.1, -0.05) is 12.8 Å². The fourth-order valence-corrected chi connectivity index (χ4v) is 2.69. The molecule has 0 radical (unpaired) electrons. The number of ether oxygens (including phenoxy) is 1. The lowest BCUT2D eigenvalue weighted by atomic mass is 10.0. The van der Waals surface area contributed by atoms with Gasteiger partial charge in [0.2, 0.25) is 0 Å². The van der Waals surface area contributed by atoms with E-state index in [-0.39, 0.29) is 6.10 Å². The van der Waals surface area contributed by atoms with Gasteiger partial charge in [0.05, 0.1) is 12.7 Å². The van der Waals surface area contributed by atoms with Crippen LogP contribution in [0.25, 0.3) is 0 Å². The van der Waals surface area contributed by atoms with Gasteiger partial charge in [-0.25, -0.2) is 0 Å². The van der Waals surface area contributed by atoms with Crippen molar-refractivity contribution in [1.82, 2.24) is 5.32 Å². The molecular weight excluding hydrogens is 190 g/mol. The van der Waals surface area contributed by atoms with Gasteiger partial charge < -0.3 is 15.2 Å². The highest BCUT2D eigenvalue weighted by molar-refractivity contribution is 4.77. The molecule has 3 heteroatoms. The van der Waals surface area contributed by atoms with E-state index in [9.17, 15) is 5.11 Å². The minimum Gasteiger partial charge on any atom is -0.392 e. The minimum absolute atomic E-state index is 0.130. The van der Waals surface area contributed by atoms with E-state index < -0.39 is 0 Å². The van der Waals surface area contributed by atoms with E-state index in [1.807, 2.05) is 0 Å². The van der Waals surface area contributed by atoms with Crippen LogP contribution in [0.1, 0.15) is 32.1 Å². The van der Waals surface area contributed by atoms with Crippen molar-refractivity contribution < 1.29 is 9.84 Å². The smallest absolute Gasteiger partial charge is 0.0692 e. The molecule has 1 saturated carbocycles. The number of aliphatic hydroxyl groups is 1. The molecule has 0 aromatic heterocycles. The Balaban J connectivity index is 1.56. The van der Waals surface area contributed by atoms with Gasteiger partial charge in [0.1, 0.15) is 0 Å². The van der Waals surface area contributed by atoms with Gasteiger partial charge in [-0.05, 0) is 31.1 Å². The van der Waals surface area contributed by atoms with Crippen molar-refractivity contribution >= 4 is 0 Å². The Bertz CT molecular complexity index is 174. The molecule has 2 N–H and O–H groups in total. The zero-order valence-electron chi connectivity index (χ0n) is 9.45. The third-order valence-corrected chi connectivity index (χ3v) is 3.75. The molecule has 3 nitrogen and oxygen atoms in total. The summed E-state index contributed by atoms with van der Waals surface area (Å²) in [4.78, 5) is 0. The van der Waals surface area contributed by atoms with E-state index in [0.29, 0.717) is 11.8 Å². The average molecular weight is 213 g/mol. The molecule has 0 spiro atoms. The molecule has 1 aliphatic heterocycles. The molecule has 2 fully saturated rings. The molecule has 0 amide bonds. The van der Waals surface area contributed by atoms with Crippen molar-refractivity contribution in [3.63, 3.8) is 0 Å². The number of aliphatic hydroxyl groups excluding tert-OH is 1. The van der Waals surface area contributed by atoms with E-state index in [1.54, 1.807) is 0 Å². The quantitative estimate of drug-likeness (QED) is 0.720. The maximum absolute atomic E-state index is 9.93. The first-order valence-corrected chi connectivity index (χ1v) is 6.33. The van der Waals surface area contributed by atoms with Crippen LogP contribution in [0.5, 0.6) is 0 Å². The number of hydrogen-bond donors (Lipinski definition) is 2. The molecule has 2 aliphatic rings. The van der Waals surface area contributed by atoms with Crippen molar-refractivity contribution in [2.24, 2.45) is 11.8 Å².